The Kier molecular flexibility index (Phi) is 9.50. The van der Waals surface area contributed by atoms with Crippen molar-refractivity contribution in [3.05, 3.63) is 47.0 Å². The first kappa shape index (κ1) is 35.2. The molecule has 5 atom stereocenters. The Morgan fingerprint density at radius 1 is 1.12 bits per heavy atom. The number of fused-ring (bicyclic) bond motifs is 2. The fourth-order valence-electron chi connectivity index (χ4n) is 6.87. The fraction of sp³-hybridized carbons (Fsp3) is 0.618. The molecule has 5 aliphatic rings. The first-order valence-electron chi connectivity index (χ1n) is 17.0. The third kappa shape index (κ3) is 7.90. The molecule has 13 nitrogen and oxygen atoms in total. The van der Waals surface area contributed by atoms with Crippen LogP contribution in [0.1, 0.15) is 90.5 Å². The summed E-state index contributed by atoms with van der Waals surface area (Å²) >= 11 is 6.23. The summed E-state index contributed by atoms with van der Waals surface area (Å²) in [6.07, 6.45) is 7.77. The van der Waals surface area contributed by atoms with Gasteiger partial charge in [0.2, 0.25) is 21.8 Å². The average molecular weight is 718 g/mol. The van der Waals surface area contributed by atoms with Gasteiger partial charge in [-0.2, -0.15) is 0 Å². The van der Waals surface area contributed by atoms with E-state index in [9.17, 15) is 27.6 Å². The lowest BCUT2D eigenvalue weighted by atomic mass is 9.91. The lowest BCUT2D eigenvalue weighted by Gasteiger charge is -2.30. The molecule has 3 fully saturated rings. The number of carbonyl (C=O) groups is 4. The zero-order chi connectivity index (χ0) is 35.2. The van der Waals surface area contributed by atoms with Gasteiger partial charge in [-0.25, -0.2) is 13.2 Å². The van der Waals surface area contributed by atoms with Gasteiger partial charge in [0.25, 0.3) is 5.91 Å². The molecule has 3 N–H and O–H groups in total. The summed E-state index contributed by atoms with van der Waals surface area (Å²) in [7, 11) is -3.88. The van der Waals surface area contributed by atoms with Crippen LogP contribution < -0.4 is 15.4 Å². The predicted octanol–water partition coefficient (Wildman–Crippen LogP) is 3.70. The minimum atomic E-state index is -3.88. The molecule has 266 valence electrons. The van der Waals surface area contributed by atoms with E-state index in [1.807, 2.05) is 18.2 Å². The van der Waals surface area contributed by atoms with Crippen molar-refractivity contribution in [1.82, 2.24) is 20.3 Å². The van der Waals surface area contributed by atoms with Crippen molar-refractivity contribution in [1.29, 1.82) is 0 Å². The fourth-order valence-corrected chi connectivity index (χ4v) is 8.43. The van der Waals surface area contributed by atoms with Crippen LogP contribution in [0.25, 0.3) is 0 Å². The van der Waals surface area contributed by atoms with Crippen LogP contribution in [0.5, 0.6) is 0 Å². The summed E-state index contributed by atoms with van der Waals surface area (Å²) in [6, 6.07) is 5.04. The maximum Gasteiger partial charge on any atom is 0.408 e. The second kappa shape index (κ2) is 13.2. The van der Waals surface area contributed by atoms with Crippen LogP contribution in [0, 0.1) is 5.92 Å². The molecule has 4 amide bonds. The number of halogens is 1. The molecular weight excluding hydrogens is 674 g/mol. The summed E-state index contributed by atoms with van der Waals surface area (Å²) in [5, 5.41) is 9.84. The Morgan fingerprint density at radius 2 is 1.90 bits per heavy atom. The number of alkyl carbamates (subject to hydrolysis) is 1. The molecule has 0 radical (unpaired) electrons. The number of rotatable bonds is 5. The van der Waals surface area contributed by atoms with Crippen LogP contribution in [0.2, 0.25) is 5.02 Å². The molecule has 1 aromatic carbocycles. The van der Waals surface area contributed by atoms with E-state index in [0.717, 1.165) is 18.4 Å². The number of oxime groups is 1. The summed E-state index contributed by atoms with van der Waals surface area (Å²) in [5.74, 6) is -2.31. The van der Waals surface area contributed by atoms with Gasteiger partial charge < -0.3 is 25.1 Å². The highest BCUT2D eigenvalue weighted by molar-refractivity contribution is 7.91. The van der Waals surface area contributed by atoms with Crippen LogP contribution in [0.15, 0.2) is 41.6 Å². The highest BCUT2D eigenvalue weighted by atomic mass is 35.5. The standard InChI is InChI=1S/C34H44ClN5O8S/c1-32(2,3)47-31(44)36-25-13-8-6-4-5-7-11-22-17-34(22,30(43)39-49(45,46)24-14-15-24)37-28(41)27-19-33(20-40(27)29(25)42)18-26(38-48-33)21-10-9-12-23(35)16-21/h7,9-12,16,22,24-25,27H,4-6,8,13-15,17-20H2,1-3H3,(H,36,44)(H,37,41)(H,39,43)/t22?,25-,27-,33+,34+/m0/s1. The Morgan fingerprint density at radius 3 is 2.61 bits per heavy atom. The molecular formula is C34H44ClN5O8S. The normalized spacial score (nSPS) is 30.6. The molecule has 1 unspecified atom stereocenters. The smallest absolute Gasteiger partial charge is 0.408 e. The lowest BCUT2D eigenvalue weighted by molar-refractivity contribution is -0.141. The van der Waals surface area contributed by atoms with E-state index in [0.29, 0.717) is 42.8 Å². The topological polar surface area (TPSA) is 173 Å². The Bertz CT molecular complexity index is 1690. The number of hydrogen-bond donors (Lipinski definition) is 3. The number of nitrogens with one attached hydrogen (secondary N) is 3. The van der Waals surface area contributed by atoms with Gasteiger partial charge in [0.1, 0.15) is 23.2 Å². The molecule has 2 aliphatic carbocycles. The van der Waals surface area contributed by atoms with E-state index in [4.69, 9.17) is 21.2 Å². The first-order valence-corrected chi connectivity index (χ1v) is 18.9. The van der Waals surface area contributed by atoms with Crippen molar-refractivity contribution in [2.45, 2.75) is 119 Å². The van der Waals surface area contributed by atoms with E-state index in [2.05, 4.69) is 20.5 Å². The Hall–Kier alpha value is -3.65. The molecule has 15 heteroatoms. The number of amides is 4. The largest absolute Gasteiger partial charge is 0.444 e. The lowest BCUT2D eigenvalue weighted by Crippen LogP contribution is -2.58. The van der Waals surface area contributed by atoms with E-state index in [-0.39, 0.29) is 25.8 Å². The van der Waals surface area contributed by atoms with Crippen molar-refractivity contribution < 1.29 is 37.2 Å². The number of benzene rings is 1. The second-order valence-electron chi connectivity index (χ2n) is 14.9. The molecule has 0 bridgehead atoms. The summed E-state index contributed by atoms with van der Waals surface area (Å²) in [5.41, 5.74) is -2.00. The van der Waals surface area contributed by atoms with Gasteiger partial charge in [-0.3, -0.25) is 19.1 Å². The van der Waals surface area contributed by atoms with Crippen molar-refractivity contribution in [3.63, 3.8) is 0 Å². The van der Waals surface area contributed by atoms with Gasteiger partial charge in [-0.15, -0.1) is 0 Å². The number of ether oxygens (including phenoxy) is 1. The Balaban J connectivity index is 1.30. The molecule has 3 aliphatic heterocycles. The van der Waals surface area contributed by atoms with Crippen LogP contribution in [0.3, 0.4) is 0 Å². The van der Waals surface area contributed by atoms with Crippen molar-refractivity contribution >= 4 is 51.2 Å². The molecule has 3 heterocycles. The van der Waals surface area contributed by atoms with E-state index < -0.39 is 73.8 Å². The minimum absolute atomic E-state index is 0.0113. The number of carbonyl (C=O) groups excluding carboxylic acids is 4. The minimum Gasteiger partial charge on any atom is -0.444 e. The van der Waals surface area contributed by atoms with Gasteiger partial charge >= 0.3 is 6.09 Å². The molecule has 0 aromatic heterocycles. The molecule has 6 rings (SSSR count). The third-order valence-corrected chi connectivity index (χ3v) is 11.7. The van der Waals surface area contributed by atoms with Gasteiger partial charge in [-0.05, 0) is 71.4 Å². The summed E-state index contributed by atoms with van der Waals surface area (Å²) in [4.78, 5) is 62.7. The van der Waals surface area contributed by atoms with Crippen molar-refractivity contribution in [2.75, 3.05) is 6.54 Å². The van der Waals surface area contributed by atoms with E-state index in [1.165, 1.54) is 4.90 Å². The highest BCUT2D eigenvalue weighted by Crippen LogP contribution is 2.47. The van der Waals surface area contributed by atoms with Crippen molar-refractivity contribution in [2.24, 2.45) is 11.1 Å². The van der Waals surface area contributed by atoms with Gasteiger partial charge in [0.15, 0.2) is 5.60 Å². The number of nitrogens with zero attached hydrogens (tertiary/aromatic N) is 2. The average Bonchev–Trinajstić information content (AvgIpc) is 3.92. The third-order valence-electron chi connectivity index (χ3n) is 9.67. The van der Waals surface area contributed by atoms with Gasteiger partial charge in [0, 0.05) is 29.3 Å². The summed E-state index contributed by atoms with van der Waals surface area (Å²) in [6.45, 7) is 5.17. The van der Waals surface area contributed by atoms with Gasteiger partial charge in [-0.1, -0.05) is 53.9 Å². The first-order chi connectivity index (χ1) is 23.1. The van der Waals surface area contributed by atoms with Gasteiger partial charge in [0.05, 0.1) is 17.5 Å². The zero-order valence-corrected chi connectivity index (χ0v) is 29.6. The number of sulfonamides is 1. The molecule has 1 aromatic rings. The van der Waals surface area contributed by atoms with Crippen LogP contribution in [0.4, 0.5) is 4.79 Å². The SMILES string of the molecule is CC(C)(C)OC(=O)N[C@H]1CCCCCC=CC2C[C@@]2(C(=O)NS(=O)(=O)C2CC2)NC(=O)[C@@H]2C[C@]3(CC(c4cccc(Cl)c4)=NO3)CN2C1=O. The van der Waals surface area contributed by atoms with E-state index in [1.54, 1.807) is 39.0 Å². The second-order valence-corrected chi connectivity index (χ2v) is 17.3. The number of hydrogen-bond acceptors (Lipinski definition) is 9. The quantitative estimate of drug-likeness (QED) is 0.387. The summed E-state index contributed by atoms with van der Waals surface area (Å²) < 4.78 is 33.2. The predicted molar refractivity (Wildman–Crippen MR) is 181 cm³/mol. The van der Waals surface area contributed by atoms with E-state index >= 15 is 0 Å². The number of allylic oxidation sites excluding steroid dienone is 1. The zero-order valence-electron chi connectivity index (χ0n) is 28.0. The van der Waals surface area contributed by atoms with Crippen molar-refractivity contribution in [3.8, 4) is 0 Å². The molecule has 2 saturated carbocycles. The molecule has 49 heavy (non-hydrogen) atoms. The monoisotopic (exact) mass is 717 g/mol. The Labute approximate surface area is 291 Å². The van der Waals surface area contributed by atoms with Crippen LogP contribution >= 0.6 is 11.6 Å². The maximum absolute atomic E-state index is 14.4. The maximum atomic E-state index is 14.4. The molecule has 1 spiro atoms. The van der Waals surface area contributed by atoms with Crippen LogP contribution in [-0.2, 0) is 34.0 Å². The molecule has 1 saturated heterocycles. The highest BCUT2D eigenvalue weighted by Gasteiger charge is 2.63. The van der Waals surface area contributed by atoms with Crippen LogP contribution in [-0.4, -0.2) is 83.5 Å².